The molecular weight excluding hydrogens is 533 g/mol. The second-order valence-corrected chi connectivity index (χ2v) is 15.3. The summed E-state index contributed by atoms with van der Waals surface area (Å²) in [7, 11) is 1.45. The number of ether oxygens (including phenoxy) is 4. The molecule has 3 rings (SSSR count). The first kappa shape index (κ1) is 31.0. The molecule has 2 N–H and O–H groups in total. The largest absolute Gasteiger partial charge is 0.472 e. The van der Waals surface area contributed by atoms with E-state index < -0.39 is 45.0 Å². The third kappa shape index (κ3) is 9.61. The van der Waals surface area contributed by atoms with Crippen LogP contribution in [-0.4, -0.2) is 92.4 Å². The molecular formula is C21H39BO11P2S. The van der Waals surface area contributed by atoms with E-state index >= 15 is 0 Å². The number of phosphoric ester groups is 1. The zero-order valence-corrected chi connectivity index (χ0v) is 23.9. The van der Waals surface area contributed by atoms with Crippen molar-refractivity contribution in [1.29, 1.82) is 0 Å². The van der Waals surface area contributed by atoms with Crippen LogP contribution in [0.15, 0.2) is 0 Å². The van der Waals surface area contributed by atoms with Gasteiger partial charge in [0, 0.05) is 31.4 Å². The third-order valence-electron chi connectivity index (χ3n) is 6.43. The highest BCUT2D eigenvalue weighted by molar-refractivity contribution is 8.54. The quantitative estimate of drug-likeness (QED) is 0.233. The summed E-state index contributed by atoms with van der Waals surface area (Å²) in [5.74, 6) is 0.636. The van der Waals surface area contributed by atoms with Crippen molar-refractivity contribution >= 4 is 33.8 Å². The van der Waals surface area contributed by atoms with Crippen molar-refractivity contribution in [2.45, 2.75) is 89.6 Å². The molecule has 9 atom stereocenters. The zero-order valence-electron chi connectivity index (χ0n) is 21.3. The van der Waals surface area contributed by atoms with Gasteiger partial charge in [-0.2, -0.15) is 0 Å². The van der Waals surface area contributed by atoms with Gasteiger partial charge in [0.05, 0.1) is 43.7 Å². The Balaban J connectivity index is 1.47. The van der Waals surface area contributed by atoms with Gasteiger partial charge in [-0.15, -0.1) is 0 Å². The number of hydrogen-bond donors (Lipinski definition) is 2. The van der Waals surface area contributed by atoms with Crippen molar-refractivity contribution in [1.82, 2.24) is 0 Å². The highest BCUT2D eigenvalue weighted by Gasteiger charge is 2.42. The Kier molecular flexibility index (Phi) is 11.8. The van der Waals surface area contributed by atoms with Crippen LogP contribution >= 0.6 is 26.0 Å². The predicted octanol–water partition coefficient (Wildman–Crippen LogP) is 3.27. The van der Waals surface area contributed by atoms with Crippen LogP contribution in [0.3, 0.4) is 0 Å². The maximum Gasteiger partial charge on any atom is 0.472 e. The standard InChI is InChI=1S/C21H39BO11P2S/c1-13(2)15-5-7-27-18(15)11-30-34(23,24)32-16-6-8-28-20(16)12-36-35(25,26)33-17-9-21(22)31-19(17)10-29-14(3)4/h13-21H,5-12H2,1-4H3,(H,23,24)(H,25,26). The first-order valence-corrected chi connectivity index (χ1v) is 17.1. The molecule has 0 saturated carbocycles. The van der Waals surface area contributed by atoms with Crippen molar-refractivity contribution < 1.29 is 51.4 Å². The summed E-state index contributed by atoms with van der Waals surface area (Å²) in [6.45, 7) is 4.82. The minimum atomic E-state index is -4.38. The van der Waals surface area contributed by atoms with Gasteiger partial charge in [0.15, 0.2) is 0 Å². The van der Waals surface area contributed by atoms with E-state index in [-0.39, 0.29) is 50.1 Å². The molecule has 0 aromatic rings. The summed E-state index contributed by atoms with van der Waals surface area (Å²) in [6.07, 6.45) is -1.51. The Hall–Kier alpha value is 0.515. The van der Waals surface area contributed by atoms with Crippen molar-refractivity contribution in [3.8, 4) is 0 Å². The molecule has 0 aromatic carbocycles. The molecule has 11 nitrogen and oxygen atoms in total. The lowest BCUT2D eigenvalue weighted by Crippen LogP contribution is -2.30. The van der Waals surface area contributed by atoms with Crippen molar-refractivity contribution in [3.63, 3.8) is 0 Å². The molecule has 15 heteroatoms. The lowest BCUT2D eigenvalue weighted by Gasteiger charge is -2.25. The summed E-state index contributed by atoms with van der Waals surface area (Å²) in [6, 6.07) is -0.610. The van der Waals surface area contributed by atoms with Gasteiger partial charge in [0.25, 0.3) is 0 Å². The van der Waals surface area contributed by atoms with Crippen LogP contribution in [0.25, 0.3) is 0 Å². The number of phosphoric acid groups is 1. The van der Waals surface area contributed by atoms with E-state index in [1.807, 2.05) is 13.8 Å². The maximum atomic E-state index is 12.8. The first-order valence-electron chi connectivity index (χ1n) is 12.4. The van der Waals surface area contributed by atoms with Gasteiger partial charge in [-0.05, 0) is 49.9 Å². The van der Waals surface area contributed by atoms with E-state index in [1.54, 1.807) is 0 Å². The molecule has 0 aliphatic carbocycles. The molecule has 0 amide bonds. The Morgan fingerprint density at radius 3 is 2.36 bits per heavy atom. The molecule has 3 aliphatic rings. The van der Waals surface area contributed by atoms with Gasteiger partial charge in [0.1, 0.15) is 14.0 Å². The van der Waals surface area contributed by atoms with Gasteiger partial charge in [-0.25, -0.2) is 9.13 Å². The normalized spacial score (nSPS) is 36.5. The first-order chi connectivity index (χ1) is 16.8. The van der Waals surface area contributed by atoms with Crippen LogP contribution in [-0.2, 0) is 41.6 Å². The average Bonchev–Trinajstić information content (AvgIpc) is 3.49. The van der Waals surface area contributed by atoms with E-state index in [9.17, 15) is 18.9 Å². The van der Waals surface area contributed by atoms with Crippen molar-refractivity contribution in [3.05, 3.63) is 0 Å². The maximum absolute atomic E-state index is 12.8. The Morgan fingerprint density at radius 1 is 0.972 bits per heavy atom. The van der Waals surface area contributed by atoms with Gasteiger partial charge >= 0.3 is 14.6 Å². The fourth-order valence-corrected chi connectivity index (χ4v) is 8.31. The van der Waals surface area contributed by atoms with Crippen LogP contribution in [0.4, 0.5) is 0 Å². The fraction of sp³-hybridized carbons (Fsp3) is 1.00. The summed E-state index contributed by atoms with van der Waals surface area (Å²) in [5.41, 5.74) is 0. The summed E-state index contributed by atoms with van der Waals surface area (Å²) >= 11 is 0.672. The molecule has 2 radical (unpaired) electrons. The van der Waals surface area contributed by atoms with Crippen molar-refractivity contribution in [2.75, 3.05) is 32.2 Å². The molecule has 0 bridgehead atoms. The molecule has 0 aromatic heterocycles. The summed E-state index contributed by atoms with van der Waals surface area (Å²) in [5, 5.41) is 0. The van der Waals surface area contributed by atoms with Gasteiger partial charge in [0.2, 0.25) is 0 Å². The second kappa shape index (κ2) is 13.7. The molecule has 3 heterocycles. The van der Waals surface area contributed by atoms with Crippen LogP contribution in [0, 0.1) is 11.8 Å². The van der Waals surface area contributed by atoms with E-state index in [1.165, 1.54) is 0 Å². The van der Waals surface area contributed by atoms with E-state index in [2.05, 4.69) is 13.8 Å². The highest BCUT2D eigenvalue weighted by Crippen LogP contribution is 2.59. The Morgan fingerprint density at radius 2 is 1.67 bits per heavy atom. The lowest BCUT2D eigenvalue weighted by molar-refractivity contribution is -0.0422. The van der Waals surface area contributed by atoms with Crippen molar-refractivity contribution in [2.24, 2.45) is 11.8 Å². The van der Waals surface area contributed by atoms with Crippen LogP contribution in [0.2, 0.25) is 0 Å². The van der Waals surface area contributed by atoms with Crippen LogP contribution in [0.1, 0.15) is 47.0 Å². The molecule has 3 saturated heterocycles. The molecule has 3 fully saturated rings. The SMILES string of the molecule is [B]C1CC(OP(=O)(O)SCC2OCCC2OP(=O)(O)OCC2OCCC2C(C)C)C(COC(C)C)O1. The fourth-order valence-electron chi connectivity index (χ4n) is 4.54. The molecule has 0 spiro atoms. The summed E-state index contributed by atoms with van der Waals surface area (Å²) < 4.78 is 63.8. The molecule has 9 unspecified atom stereocenters. The smallest absolute Gasteiger partial charge is 0.380 e. The molecule has 36 heavy (non-hydrogen) atoms. The van der Waals surface area contributed by atoms with E-state index in [0.29, 0.717) is 30.3 Å². The Labute approximate surface area is 218 Å². The van der Waals surface area contributed by atoms with Crippen LogP contribution in [0.5, 0.6) is 0 Å². The number of hydrogen-bond acceptors (Lipinski definition) is 10. The monoisotopic (exact) mass is 572 g/mol. The average molecular weight is 572 g/mol. The van der Waals surface area contributed by atoms with E-state index in [0.717, 1.165) is 6.42 Å². The number of rotatable bonds is 14. The van der Waals surface area contributed by atoms with E-state index in [4.69, 9.17) is 40.4 Å². The predicted molar refractivity (Wildman–Crippen MR) is 135 cm³/mol. The van der Waals surface area contributed by atoms with Gasteiger partial charge in [-0.3, -0.25) is 13.6 Å². The molecule has 208 valence electrons. The zero-order chi connectivity index (χ0) is 26.5. The van der Waals surface area contributed by atoms with Crippen LogP contribution < -0.4 is 0 Å². The Bertz CT molecular complexity index is 791. The van der Waals surface area contributed by atoms with Gasteiger partial charge < -0.3 is 28.7 Å². The minimum absolute atomic E-state index is 0.0202. The second-order valence-electron chi connectivity index (χ2n) is 9.95. The van der Waals surface area contributed by atoms with Gasteiger partial charge in [-0.1, -0.05) is 13.8 Å². The summed E-state index contributed by atoms with van der Waals surface area (Å²) in [4.78, 5) is 20.7. The minimum Gasteiger partial charge on any atom is -0.380 e. The lowest BCUT2D eigenvalue weighted by atomic mass is 9.90. The highest BCUT2D eigenvalue weighted by atomic mass is 32.7. The topological polar surface area (TPSA) is 139 Å². The third-order valence-corrected chi connectivity index (χ3v) is 10.5. The molecule has 3 aliphatic heterocycles.